The minimum absolute atomic E-state index is 0.0416. The van der Waals surface area contributed by atoms with E-state index in [9.17, 15) is 9.90 Å². The fourth-order valence-electron chi connectivity index (χ4n) is 3.02. The zero-order chi connectivity index (χ0) is 16.4. The molecule has 1 heterocycles. The highest BCUT2D eigenvalue weighted by atomic mass is 16.3. The topological polar surface area (TPSA) is 40.5 Å². The number of carbonyl (C=O) groups is 1. The molecule has 0 aliphatic carbocycles. The minimum atomic E-state index is -0.137. The summed E-state index contributed by atoms with van der Waals surface area (Å²) in [6.07, 6.45) is 2.27. The first-order chi connectivity index (χ1) is 11.0. The summed E-state index contributed by atoms with van der Waals surface area (Å²) in [4.78, 5) is 14.9. The highest BCUT2D eigenvalue weighted by Crippen LogP contribution is 2.34. The molecule has 2 aromatic carbocycles. The zero-order valence-corrected chi connectivity index (χ0v) is 13.7. The second-order valence-corrected chi connectivity index (χ2v) is 7.05. The van der Waals surface area contributed by atoms with Crippen molar-refractivity contribution in [3.63, 3.8) is 0 Å². The van der Waals surface area contributed by atoms with E-state index in [1.165, 1.54) is 0 Å². The van der Waals surface area contributed by atoms with Gasteiger partial charge in [-0.2, -0.15) is 0 Å². The van der Waals surface area contributed by atoms with Gasteiger partial charge in [0, 0.05) is 24.3 Å². The number of benzene rings is 2. The number of hydrogen-bond donors (Lipinski definition) is 1. The Morgan fingerprint density at radius 1 is 1.04 bits per heavy atom. The van der Waals surface area contributed by atoms with Gasteiger partial charge < -0.3 is 10.0 Å². The number of hydrogen-bond acceptors (Lipinski definition) is 3. The third kappa shape index (κ3) is 3.39. The van der Waals surface area contributed by atoms with Gasteiger partial charge in [0.15, 0.2) is 5.78 Å². The predicted molar refractivity (Wildman–Crippen MR) is 93.2 cm³/mol. The molecule has 0 radical (unpaired) electrons. The number of phenols is 1. The number of piperidine rings is 1. The quantitative estimate of drug-likeness (QED) is 0.862. The van der Waals surface area contributed by atoms with E-state index in [4.69, 9.17) is 0 Å². The third-order valence-corrected chi connectivity index (χ3v) is 4.74. The molecule has 1 aliphatic heterocycles. The lowest BCUT2D eigenvalue weighted by Gasteiger charge is -2.38. The van der Waals surface area contributed by atoms with Crippen LogP contribution in [-0.4, -0.2) is 24.0 Å². The molecule has 0 spiro atoms. The molecule has 0 saturated carbocycles. The number of ketones is 1. The maximum absolute atomic E-state index is 12.6. The number of nitrogens with zero attached hydrogens (tertiary/aromatic N) is 1. The first kappa shape index (κ1) is 15.6. The minimum Gasteiger partial charge on any atom is -0.507 e. The van der Waals surface area contributed by atoms with Crippen LogP contribution in [0.3, 0.4) is 0 Å². The summed E-state index contributed by atoms with van der Waals surface area (Å²) in [5, 5.41) is 10.1. The van der Waals surface area contributed by atoms with E-state index in [0.29, 0.717) is 16.5 Å². The molecule has 2 aromatic rings. The average molecular weight is 309 g/mol. The van der Waals surface area contributed by atoms with E-state index in [0.717, 1.165) is 31.6 Å². The van der Waals surface area contributed by atoms with Gasteiger partial charge in [-0.15, -0.1) is 0 Å². The Morgan fingerprint density at radius 3 is 2.35 bits per heavy atom. The monoisotopic (exact) mass is 309 g/mol. The van der Waals surface area contributed by atoms with Gasteiger partial charge in [-0.1, -0.05) is 44.2 Å². The molecule has 0 unspecified atom stereocenters. The first-order valence-corrected chi connectivity index (χ1v) is 8.14. The molecule has 3 rings (SSSR count). The summed E-state index contributed by atoms with van der Waals surface area (Å²) < 4.78 is 0. The van der Waals surface area contributed by atoms with Crippen molar-refractivity contribution >= 4 is 11.5 Å². The van der Waals surface area contributed by atoms with Crippen molar-refractivity contribution in [1.82, 2.24) is 0 Å². The summed E-state index contributed by atoms with van der Waals surface area (Å²) in [6, 6.07) is 14.4. The van der Waals surface area contributed by atoms with Gasteiger partial charge in [0.25, 0.3) is 0 Å². The van der Waals surface area contributed by atoms with Crippen molar-refractivity contribution in [2.75, 3.05) is 18.0 Å². The molecule has 0 atom stereocenters. The maximum Gasteiger partial charge on any atom is 0.196 e. The van der Waals surface area contributed by atoms with Crippen LogP contribution in [-0.2, 0) is 0 Å². The summed E-state index contributed by atoms with van der Waals surface area (Å²) in [7, 11) is 0. The van der Waals surface area contributed by atoms with E-state index in [1.807, 2.05) is 30.3 Å². The second-order valence-electron chi connectivity index (χ2n) is 7.05. The van der Waals surface area contributed by atoms with Gasteiger partial charge in [-0.05, 0) is 36.5 Å². The zero-order valence-electron chi connectivity index (χ0n) is 13.7. The van der Waals surface area contributed by atoms with E-state index in [2.05, 4.69) is 18.7 Å². The number of carbonyl (C=O) groups excluding carboxylic acids is 1. The molecule has 3 nitrogen and oxygen atoms in total. The van der Waals surface area contributed by atoms with Gasteiger partial charge in [0.05, 0.1) is 5.56 Å². The number of anilines is 1. The number of aromatic hydroxyl groups is 1. The molecule has 1 aliphatic rings. The fourth-order valence-corrected chi connectivity index (χ4v) is 3.02. The van der Waals surface area contributed by atoms with Crippen LogP contribution in [0.25, 0.3) is 0 Å². The molecule has 1 saturated heterocycles. The van der Waals surface area contributed by atoms with Crippen molar-refractivity contribution in [2.45, 2.75) is 26.7 Å². The van der Waals surface area contributed by atoms with Gasteiger partial charge in [0.1, 0.15) is 5.75 Å². The average Bonchev–Trinajstić information content (AvgIpc) is 2.56. The molecular formula is C20H23NO2. The van der Waals surface area contributed by atoms with Crippen LogP contribution in [0.2, 0.25) is 0 Å². The SMILES string of the molecule is CC1(C)CCN(c2ccc(O)c(C(=O)c3ccccc3)c2)CC1. The van der Waals surface area contributed by atoms with Gasteiger partial charge in [-0.25, -0.2) is 0 Å². The molecule has 23 heavy (non-hydrogen) atoms. The lowest BCUT2D eigenvalue weighted by atomic mass is 9.82. The van der Waals surface area contributed by atoms with Crippen molar-refractivity contribution in [3.05, 3.63) is 59.7 Å². The van der Waals surface area contributed by atoms with Crippen molar-refractivity contribution in [1.29, 1.82) is 0 Å². The van der Waals surface area contributed by atoms with Crippen molar-refractivity contribution in [3.8, 4) is 5.75 Å². The van der Waals surface area contributed by atoms with E-state index in [-0.39, 0.29) is 11.5 Å². The van der Waals surface area contributed by atoms with Crippen LogP contribution in [0.5, 0.6) is 5.75 Å². The molecule has 1 fully saturated rings. The fraction of sp³-hybridized carbons (Fsp3) is 0.350. The normalized spacial score (nSPS) is 17.0. The Hall–Kier alpha value is -2.29. The molecular weight excluding hydrogens is 286 g/mol. The molecule has 1 N–H and O–H groups in total. The lowest BCUT2D eigenvalue weighted by Crippen LogP contribution is -2.37. The Morgan fingerprint density at radius 2 is 1.70 bits per heavy atom. The van der Waals surface area contributed by atoms with Crippen LogP contribution in [0.1, 0.15) is 42.6 Å². The van der Waals surface area contributed by atoms with Gasteiger partial charge >= 0.3 is 0 Å². The van der Waals surface area contributed by atoms with E-state index in [1.54, 1.807) is 18.2 Å². The molecule has 0 bridgehead atoms. The van der Waals surface area contributed by atoms with Gasteiger partial charge in [0.2, 0.25) is 0 Å². The Kier molecular flexibility index (Phi) is 4.12. The maximum atomic E-state index is 12.6. The highest BCUT2D eigenvalue weighted by Gasteiger charge is 2.26. The summed E-state index contributed by atoms with van der Waals surface area (Å²) in [5.74, 6) is -0.0952. The summed E-state index contributed by atoms with van der Waals surface area (Å²) in [5.41, 5.74) is 2.37. The lowest BCUT2D eigenvalue weighted by molar-refractivity contribution is 0.103. The van der Waals surface area contributed by atoms with Crippen LogP contribution in [0.4, 0.5) is 5.69 Å². The highest BCUT2D eigenvalue weighted by molar-refractivity contribution is 6.11. The second kappa shape index (κ2) is 6.07. The smallest absolute Gasteiger partial charge is 0.196 e. The predicted octanol–water partition coefficient (Wildman–Crippen LogP) is 4.25. The Labute approximate surface area is 137 Å². The molecule has 120 valence electrons. The standard InChI is InChI=1S/C20H23NO2/c1-20(2)10-12-21(13-11-20)16-8-9-18(22)17(14-16)19(23)15-6-4-3-5-7-15/h3-9,14,22H,10-13H2,1-2H3. The van der Waals surface area contributed by atoms with Crippen LogP contribution in [0.15, 0.2) is 48.5 Å². The number of phenolic OH excluding ortho intramolecular Hbond substituents is 1. The molecule has 3 heteroatoms. The summed E-state index contributed by atoms with van der Waals surface area (Å²) in [6.45, 7) is 6.56. The van der Waals surface area contributed by atoms with Crippen molar-refractivity contribution in [2.24, 2.45) is 5.41 Å². The first-order valence-electron chi connectivity index (χ1n) is 8.14. The third-order valence-electron chi connectivity index (χ3n) is 4.74. The van der Waals surface area contributed by atoms with E-state index < -0.39 is 0 Å². The molecule has 0 aromatic heterocycles. The number of rotatable bonds is 3. The molecule has 0 amide bonds. The summed E-state index contributed by atoms with van der Waals surface area (Å²) >= 11 is 0. The van der Waals surface area contributed by atoms with Crippen LogP contribution in [0, 0.1) is 5.41 Å². The Bertz CT molecular complexity index is 697. The van der Waals surface area contributed by atoms with Gasteiger partial charge in [-0.3, -0.25) is 4.79 Å². The largest absolute Gasteiger partial charge is 0.507 e. The Balaban J connectivity index is 1.87. The van der Waals surface area contributed by atoms with Crippen LogP contribution < -0.4 is 4.90 Å². The van der Waals surface area contributed by atoms with Crippen LogP contribution >= 0.6 is 0 Å². The van der Waals surface area contributed by atoms with E-state index >= 15 is 0 Å². The van der Waals surface area contributed by atoms with Crippen molar-refractivity contribution < 1.29 is 9.90 Å².